The minimum Gasteiger partial charge on any atom is -0.466 e. The van der Waals surface area contributed by atoms with Crippen LogP contribution in [0.15, 0.2) is 48.5 Å². The van der Waals surface area contributed by atoms with E-state index >= 15 is 0 Å². The first kappa shape index (κ1) is 20.9. The van der Waals surface area contributed by atoms with Crippen molar-refractivity contribution < 1.29 is 14.5 Å². The van der Waals surface area contributed by atoms with Crippen LogP contribution in [0.4, 0.5) is 11.4 Å². The Balaban J connectivity index is 2.01. The summed E-state index contributed by atoms with van der Waals surface area (Å²) in [6.07, 6.45) is 1.31. The number of nitrogens with zero attached hydrogens (tertiary/aromatic N) is 3. The third-order valence-electron chi connectivity index (χ3n) is 4.35. The summed E-state index contributed by atoms with van der Waals surface area (Å²) in [7, 11) is 1.28. The highest BCUT2D eigenvalue weighted by Crippen LogP contribution is 2.19. The monoisotopic (exact) mass is 382 g/mol. The molecule has 1 unspecified atom stereocenters. The second-order valence-electron chi connectivity index (χ2n) is 6.20. The second-order valence-corrected chi connectivity index (χ2v) is 6.20. The van der Waals surface area contributed by atoms with Gasteiger partial charge in [-0.1, -0.05) is 18.2 Å². The van der Waals surface area contributed by atoms with Crippen molar-refractivity contribution >= 4 is 17.3 Å². The summed E-state index contributed by atoms with van der Waals surface area (Å²) >= 11 is 0. The van der Waals surface area contributed by atoms with Crippen LogP contribution in [0.25, 0.3) is 0 Å². The molecule has 28 heavy (non-hydrogen) atoms. The van der Waals surface area contributed by atoms with Crippen molar-refractivity contribution in [3.05, 3.63) is 69.8 Å². The highest BCUT2D eigenvalue weighted by atomic mass is 16.6. The van der Waals surface area contributed by atoms with Crippen molar-refractivity contribution in [2.45, 2.75) is 25.4 Å². The molecule has 0 aliphatic heterocycles. The molecule has 0 spiro atoms. The molecule has 2 aromatic carbocycles. The summed E-state index contributed by atoms with van der Waals surface area (Å²) in [5.41, 5.74) is 8.26. The highest BCUT2D eigenvalue weighted by Gasteiger charge is 2.23. The number of esters is 1. The van der Waals surface area contributed by atoms with Crippen LogP contribution in [0.2, 0.25) is 0 Å². The van der Waals surface area contributed by atoms with Gasteiger partial charge >= 0.3 is 5.97 Å². The van der Waals surface area contributed by atoms with Crippen LogP contribution in [0.3, 0.4) is 0 Å². The Morgan fingerprint density at radius 3 is 2.61 bits per heavy atom. The number of hydrogen-bond donors (Lipinski definition) is 1. The summed E-state index contributed by atoms with van der Waals surface area (Å²) in [5.74, 6) is -0.558. The smallest absolute Gasteiger partial charge is 0.343 e. The predicted molar refractivity (Wildman–Crippen MR) is 105 cm³/mol. The van der Waals surface area contributed by atoms with Crippen molar-refractivity contribution in [2.24, 2.45) is 5.73 Å². The summed E-state index contributed by atoms with van der Waals surface area (Å²) in [4.78, 5) is 23.9. The van der Waals surface area contributed by atoms with Gasteiger partial charge in [0.15, 0.2) is 6.17 Å². The first-order valence-electron chi connectivity index (χ1n) is 8.80. The average Bonchev–Trinajstić information content (AvgIpc) is 2.73. The van der Waals surface area contributed by atoms with Gasteiger partial charge in [-0.3, -0.25) is 10.1 Å². The number of ether oxygens (including phenoxy) is 1. The summed E-state index contributed by atoms with van der Waals surface area (Å²) in [5, 5.41) is 19.8. The Hall–Kier alpha value is -3.44. The Kier molecular flexibility index (Phi) is 7.48. The summed E-state index contributed by atoms with van der Waals surface area (Å²) < 4.78 is 4.75. The number of carbonyl (C=O) groups excluding carboxylic acids is 1. The van der Waals surface area contributed by atoms with E-state index in [1.165, 1.54) is 19.2 Å². The zero-order chi connectivity index (χ0) is 20.5. The first-order chi connectivity index (χ1) is 13.5. The van der Waals surface area contributed by atoms with Gasteiger partial charge in [0.25, 0.3) is 5.69 Å². The minimum absolute atomic E-state index is 0.0661. The Morgan fingerprint density at radius 2 is 2.00 bits per heavy atom. The Morgan fingerprint density at radius 1 is 1.29 bits per heavy atom. The molecule has 0 radical (unpaired) electrons. The van der Waals surface area contributed by atoms with Gasteiger partial charge < -0.3 is 15.4 Å². The van der Waals surface area contributed by atoms with Gasteiger partial charge in [-0.05, 0) is 43.0 Å². The van der Waals surface area contributed by atoms with Crippen molar-refractivity contribution in [2.75, 3.05) is 18.6 Å². The number of nitriles is 1. The van der Waals surface area contributed by atoms with E-state index in [9.17, 15) is 14.9 Å². The van der Waals surface area contributed by atoms with E-state index in [-0.39, 0.29) is 5.69 Å². The number of non-ortho nitro benzene ring substituents is 1. The lowest BCUT2D eigenvalue weighted by Gasteiger charge is -2.29. The van der Waals surface area contributed by atoms with Gasteiger partial charge in [0.2, 0.25) is 0 Å². The molecule has 0 aliphatic carbocycles. The van der Waals surface area contributed by atoms with Crippen LogP contribution in [0.5, 0.6) is 0 Å². The molecule has 0 saturated carbocycles. The Bertz CT molecular complexity index is 861. The largest absolute Gasteiger partial charge is 0.466 e. The molecule has 0 heterocycles. The lowest BCUT2D eigenvalue weighted by atomic mass is 10.1. The van der Waals surface area contributed by atoms with E-state index in [0.29, 0.717) is 17.8 Å². The first-order valence-corrected chi connectivity index (χ1v) is 8.80. The van der Waals surface area contributed by atoms with E-state index in [0.717, 1.165) is 24.8 Å². The normalized spacial score (nSPS) is 11.3. The fraction of sp³-hybridized carbons (Fsp3) is 0.300. The molecule has 0 aromatic heterocycles. The molecule has 0 aliphatic rings. The third-order valence-corrected chi connectivity index (χ3v) is 4.35. The number of carbonyl (C=O) groups is 1. The Labute approximate surface area is 163 Å². The van der Waals surface area contributed by atoms with E-state index in [1.54, 1.807) is 41.3 Å². The summed E-state index contributed by atoms with van der Waals surface area (Å²) in [6, 6.07) is 15.4. The van der Waals surface area contributed by atoms with Crippen LogP contribution in [-0.4, -0.2) is 30.7 Å². The SMILES string of the molecule is COC(=O)C(N)N(CCCCc1ccc([N+](=O)[O-])cc1)c1cccc(C#N)c1. The average molecular weight is 382 g/mol. The van der Waals surface area contributed by atoms with Crippen molar-refractivity contribution in [1.82, 2.24) is 0 Å². The van der Waals surface area contributed by atoms with Gasteiger partial charge in [0.05, 0.1) is 23.7 Å². The number of nitrogens with two attached hydrogens (primary N) is 1. The molecular weight excluding hydrogens is 360 g/mol. The molecule has 0 bridgehead atoms. The topological polar surface area (TPSA) is 122 Å². The number of anilines is 1. The lowest BCUT2D eigenvalue weighted by molar-refractivity contribution is -0.384. The molecule has 2 aromatic rings. The number of methoxy groups -OCH3 is 1. The molecule has 1 atom stereocenters. The van der Waals surface area contributed by atoms with Crippen LogP contribution in [0.1, 0.15) is 24.0 Å². The van der Waals surface area contributed by atoms with Crippen LogP contribution < -0.4 is 10.6 Å². The van der Waals surface area contributed by atoms with E-state index < -0.39 is 17.1 Å². The van der Waals surface area contributed by atoms with Gasteiger partial charge in [0, 0.05) is 24.4 Å². The van der Waals surface area contributed by atoms with Crippen LogP contribution in [-0.2, 0) is 16.0 Å². The number of nitro groups is 1. The number of aryl methyl sites for hydroxylation is 1. The fourth-order valence-electron chi connectivity index (χ4n) is 2.83. The molecule has 8 nitrogen and oxygen atoms in total. The highest BCUT2D eigenvalue weighted by molar-refractivity contribution is 5.79. The lowest BCUT2D eigenvalue weighted by Crippen LogP contribution is -2.49. The van der Waals surface area contributed by atoms with Crippen molar-refractivity contribution in [3.63, 3.8) is 0 Å². The number of nitro benzene ring substituents is 1. The second kappa shape index (κ2) is 10.0. The number of benzene rings is 2. The number of rotatable bonds is 9. The van der Waals surface area contributed by atoms with Gasteiger partial charge in [-0.25, -0.2) is 4.79 Å². The zero-order valence-corrected chi connectivity index (χ0v) is 15.6. The van der Waals surface area contributed by atoms with Crippen LogP contribution in [0, 0.1) is 21.4 Å². The maximum Gasteiger partial charge on any atom is 0.343 e. The fourth-order valence-corrected chi connectivity index (χ4v) is 2.83. The molecule has 8 heteroatoms. The minimum atomic E-state index is -0.974. The van der Waals surface area contributed by atoms with E-state index in [4.69, 9.17) is 15.7 Å². The van der Waals surface area contributed by atoms with Gasteiger partial charge in [-0.2, -0.15) is 5.26 Å². The van der Waals surface area contributed by atoms with E-state index in [2.05, 4.69) is 6.07 Å². The molecule has 0 amide bonds. The number of hydrogen-bond acceptors (Lipinski definition) is 7. The molecule has 2 N–H and O–H groups in total. The standard InChI is InChI=1S/C20H22N4O4/c1-28-20(25)19(22)23(18-7-4-6-16(13-18)14-21)12-3-2-5-15-8-10-17(11-9-15)24(26)27/h4,6-11,13,19H,2-3,5,12,22H2,1H3. The molecule has 0 saturated heterocycles. The molecule has 2 rings (SSSR count). The predicted octanol–water partition coefficient (Wildman–Crippen LogP) is 2.75. The molecule has 0 fully saturated rings. The van der Waals surface area contributed by atoms with E-state index in [1.807, 2.05) is 0 Å². The number of unbranched alkanes of at least 4 members (excludes halogenated alkanes) is 1. The zero-order valence-electron chi connectivity index (χ0n) is 15.6. The van der Waals surface area contributed by atoms with Crippen molar-refractivity contribution in [1.29, 1.82) is 5.26 Å². The van der Waals surface area contributed by atoms with Crippen molar-refractivity contribution in [3.8, 4) is 6.07 Å². The van der Waals surface area contributed by atoms with Gasteiger partial charge in [0.1, 0.15) is 0 Å². The maximum absolute atomic E-state index is 11.9. The summed E-state index contributed by atoms with van der Waals surface area (Å²) in [6.45, 7) is 0.498. The quantitative estimate of drug-likeness (QED) is 0.232. The third kappa shape index (κ3) is 5.53. The maximum atomic E-state index is 11.9. The van der Waals surface area contributed by atoms with Gasteiger partial charge in [-0.15, -0.1) is 0 Å². The van der Waals surface area contributed by atoms with Crippen LogP contribution >= 0.6 is 0 Å². The molecular formula is C20H22N4O4. The molecule has 146 valence electrons.